The van der Waals surface area contributed by atoms with E-state index in [1.807, 2.05) is 68.1 Å². The fourth-order valence-electron chi connectivity index (χ4n) is 7.32. The monoisotopic (exact) mass is 644 g/mol. The van der Waals surface area contributed by atoms with E-state index in [9.17, 15) is 24.0 Å². The molecule has 0 radical (unpaired) electrons. The van der Waals surface area contributed by atoms with Crippen molar-refractivity contribution in [3.8, 4) is 5.75 Å². The molecule has 3 fully saturated rings. The quantitative estimate of drug-likeness (QED) is 0.368. The third-order valence-electron chi connectivity index (χ3n) is 9.94. The van der Waals surface area contributed by atoms with Gasteiger partial charge < -0.3 is 19.3 Å². The number of aryl methyl sites for hydroxylation is 1. The van der Waals surface area contributed by atoms with E-state index < -0.39 is 17.6 Å². The maximum absolute atomic E-state index is 13.9. The molecule has 0 bridgehead atoms. The lowest BCUT2D eigenvalue weighted by Gasteiger charge is -2.41. The summed E-state index contributed by atoms with van der Waals surface area (Å²) < 4.78 is 13.9. The molecule has 2 aromatic carbocycles. The molecule has 6 rings (SSSR count). The van der Waals surface area contributed by atoms with E-state index in [0.29, 0.717) is 56.7 Å². The van der Waals surface area contributed by atoms with Crippen LogP contribution in [0.25, 0.3) is 11.0 Å². The van der Waals surface area contributed by atoms with Gasteiger partial charge in [-0.15, -0.1) is 0 Å². The van der Waals surface area contributed by atoms with Crippen LogP contribution in [-0.4, -0.2) is 81.4 Å². The average Bonchev–Trinajstić information content (AvgIpc) is 3.27. The number of carbonyl (C=O) groups excluding carboxylic acids is 4. The molecular formula is C36H44N4O7. The molecule has 11 heteroatoms. The van der Waals surface area contributed by atoms with Crippen molar-refractivity contribution in [1.82, 2.24) is 18.9 Å². The minimum atomic E-state index is -0.808. The van der Waals surface area contributed by atoms with Crippen LogP contribution in [0.2, 0.25) is 0 Å². The largest absolute Gasteiger partial charge is 0.497 e. The number of hydrogen-bond donors (Lipinski definition) is 0. The van der Waals surface area contributed by atoms with Crippen LogP contribution in [0.1, 0.15) is 69.5 Å². The highest BCUT2D eigenvalue weighted by Crippen LogP contribution is 2.45. The van der Waals surface area contributed by atoms with Gasteiger partial charge in [-0.2, -0.15) is 0 Å². The Labute approximate surface area is 274 Å². The van der Waals surface area contributed by atoms with Crippen LogP contribution in [0, 0.1) is 11.8 Å². The van der Waals surface area contributed by atoms with Crippen LogP contribution in [0.4, 0.5) is 4.79 Å². The molecule has 3 aliphatic rings. The Morgan fingerprint density at radius 1 is 0.915 bits per heavy atom. The second kappa shape index (κ2) is 12.7. The number of carbonyl (C=O) groups is 4. The summed E-state index contributed by atoms with van der Waals surface area (Å²) in [4.78, 5) is 69.9. The average molecular weight is 645 g/mol. The summed E-state index contributed by atoms with van der Waals surface area (Å²) in [5.41, 5.74) is 2.47. The first-order valence-corrected chi connectivity index (χ1v) is 16.5. The van der Waals surface area contributed by atoms with Gasteiger partial charge in [-0.3, -0.25) is 23.5 Å². The van der Waals surface area contributed by atoms with Gasteiger partial charge in [-0.25, -0.2) is 9.59 Å². The minimum Gasteiger partial charge on any atom is -0.497 e. The summed E-state index contributed by atoms with van der Waals surface area (Å²) in [7, 11) is 3.31. The van der Waals surface area contributed by atoms with Gasteiger partial charge in [0.2, 0.25) is 5.91 Å². The summed E-state index contributed by atoms with van der Waals surface area (Å²) in [5, 5.41) is 0. The SMILES string of the molecule is COc1ccc(CC2C(=O)CCC(n3c(=O)n(C)c4c(C5CC(C(=O)N6CCN(C(=O)OC(C)(C)C)CC6)C5)cccc43)C2=O)cc1. The Kier molecular flexibility index (Phi) is 8.76. The first-order valence-electron chi connectivity index (χ1n) is 16.5. The van der Waals surface area contributed by atoms with Crippen LogP contribution >= 0.6 is 0 Å². The Hall–Kier alpha value is -4.41. The summed E-state index contributed by atoms with van der Waals surface area (Å²) >= 11 is 0. The summed E-state index contributed by atoms with van der Waals surface area (Å²) in [6.07, 6.45) is 1.80. The van der Waals surface area contributed by atoms with E-state index in [0.717, 1.165) is 16.6 Å². The van der Waals surface area contributed by atoms with Crippen molar-refractivity contribution in [2.24, 2.45) is 18.9 Å². The van der Waals surface area contributed by atoms with E-state index in [1.165, 1.54) is 0 Å². The Balaban J connectivity index is 1.15. The Morgan fingerprint density at radius 3 is 2.21 bits per heavy atom. The van der Waals surface area contributed by atoms with Crippen LogP contribution < -0.4 is 10.4 Å². The highest BCUT2D eigenvalue weighted by molar-refractivity contribution is 6.07. The third kappa shape index (κ3) is 6.32. The fraction of sp³-hybridized carbons (Fsp3) is 0.528. The van der Waals surface area contributed by atoms with Crippen LogP contribution in [0.3, 0.4) is 0 Å². The van der Waals surface area contributed by atoms with Crippen LogP contribution in [0.5, 0.6) is 5.75 Å². The zero-order chi connectivity index (χ0) is 33.6. The Morgan fingerprint density at radius 2 is 1.57 bits per heavy atom. The molecule has 47 heavy (non-hydrogen) atoms. The van der Waals surface area contributed by atoms with Crippen molar-refractivity contribution in [3.63, 3.8) is 0 Å². The van der Waals surface area contributed by atoms with Crippen molar-refractivity contribution in [2.45, 2.75) is 70.4 Å². The van der Waals surface area contributed by atoms with Gasteiger partial charge in [-0.05, 0) is 81.7 Å². The molecule has 250 valence electrons. The standard InChI is InChI=1S/C36H44N4O7/c1-36(2,3)47-35(45)39-17-15-38(16-18-39)33(43)24-20-23(21-24)26-7-6-8-28-31(26)37(4)34(44)40(28)29-13-14-30(41)27(32(29)42)19-22-9-11-25(46-5)12-10-22/h6-12,23-24,27,29H,13-21H2,1-5H3. The van der Waals surface area contributed by atoms with Gasteiger partial charge >= 0.3 is 11.8 Å². The molecule has 1 aliphatic heterocycles. The zero-order valence-corrected chi connectivity index (χ0v) is 27.9. The summed E-state index contributed by atoms with van der Waals surface area (Å²) in [6.45, 7) is 7.35. The molecule has 2 aliphatic carbocycles. The number of aromatic nitrogens is 2. The summed E-state index contributed by atoms with van der Waals surface area (Å²) in [6, 6.07) is 12.4. The lowest BCUT2D eigenvalue weighted by Crippen LogP contribution is -2.53. The fourth-order valence-corrected chi connectivity index (χ4v) is 7.32. The number of ether oxygens (including phenoxy) is 2. The lowest BCUT2D eigenvalue weighted by molar-refractivity contribution is -0.140. The van der Waals surface area contributed by atoms with Gasteiger partial charge in [0.25, 0.3) is 0 Å². The number of rotatable bonds is 6. The maximum atomic E-state index is 13.9. The van der Waals surface area contributed by atoms with Gasteiger partial charge in [0.15, 0.2) is 5.78 Å². The third-order valence-corrected chi connectivity index (χ3v) is 9.94. The number of ketones is 2. The van der Waals surface area contributed by atoms with Gasteiger partial charge in [-0.1, -0.05) is 24.3 Å². The number of para-hydroxylation sites is 1. The number of fused-ring (bicyclic) bond motifs is 1. The number of amides is 2. The molecule has 1 saturated heterocycles. The zero-order valence-electron chi connectivity index (χ0n) is 27.9. The molecule has 0 N–H and O–H groups in total. The summed E-state index contributed by atoms with van der Waals surface area (Å²) in [5.74, 6) is -0.339. The molecule has 0 spiro atoms. The molecule has 3 aromatic rings. The molecule has 11 nitrogen and oxygen atoms in total. The molecular weight excluding hydrogens is 600 g/mol. The second-order valence-corrected chi connectivity index (χ2v) is 14.1. The van der Waals surface area contributed by atoms with Crippen molar-refractivity contribution >= 4 is 34.6 Å². The predicted octanol–water partition coefficient (Wildman–Crippen LogP) is 4.25. The number of imidazole rings is 1. The highest BCUT2D eigenvalue weighted by atomic mass is 16.6. The van der Waals surface area contributed by atoms with Crippen molar-refractivity contribution < 1.29 is 28.7 Å². The normalized spacial score (nSPS) is 23.5. The van der Waals surface area contributed by atoms with E-state index in [-0.39, 0.29) is 53.9 Å². The highest BCUT2D eigenvalue weighted by Gasteiger charge is 2.42. The number of methoxy groups -OCH3 is 1. The number of piperazine rings is 1. The van der Waals surface area contributed by atoms with Gasteiger partial charge in [0.1, 0.15) is 17.1 Å². The van der Waals surface area contributed by atoms with E-state index in [4.69, 9.17) is 9.47 Å². The van der Waals surface area contributed by atoms with E-state index in [2.05, 4.69) is 0 Å². The van der Waals surface area contributed by atoms with Crippen molar-refractivity contribution in [3.05, 3.63) is 64.1 Å². The molecule has 2 amide bonds. The van der Waals surface area contributed by atoms with E-state index >= 15 is 0 Å². The molecule has 2 heterocycles. The molecule has 2 unspecified atom stereocenters. The van der Waals surface area contributed by atoms with Crippen LogP contribution in [0.15, 0.2) is 47.3 Å². The number of Topliss-reactive ketones (excluding diaryl/α,β-unsaturated/α-hetero) is 2. The maximum Gasteiger partial charge on any atom is 0.410 e. The number of nitrogens with zero attached hydrogens (tertiary/aromatic N) is 4. The van der Waals surface area contributed by atoms with Gasteiger partial charge in [0, 0.05) is 45.6 Å². The lowest BCUT2D eigenvalue weighted by atomic mass is 9.70. The van der Waals surface area contributed by atoms with E-state index in [1.54, 1.807) is 28.2 Å². The number of benzene rings is 2. The molecule has 1 aromatic heterocycles. The topological polar surface area (TPSA) is 120 Å². The minimum absolute atomic E-state index is 0.0903. The smallest absolute Gasteiger partial charge is 0.410 e. The first-order chi connectivity index (χ1) is 22.4. The molecule has 2 atom stereocenters. The second-order valence-electron chi connectivity index (χ2n) is 14.1. The van der Waals surface area contributed by atoms with Crippen LogP contribution in [-0.2, 0) is 32.6 Å². The van der Waals surface area contributed by atoms with Crippen molar-refractivity contribution in [1.29, 1.82) is 0 Å². The van der Waals surface area contributed by atoms with Gasteiger partial charge in [0.05, 0.1) is 30.1 Å². The predicted molar refractivity (Wildman–Crippen MR) is 176 cm³/mol. The Bertz CT molecular complexity index is 1750. The first kappa shape index (κ1) is 32.5. The molecule has 2 saturated carbocycles. The van der Waals surface area contributed by atoms with Crippen molar-refractivity contribution in [2.75, 3.05) is 33.3 Å². The number of hydrogen-bond acceptors (Lipinski definition) is 7.